The number of carboxylic acid groups (broad SMARTS) is 1. The van der Waals surface area contributed by atoms with Gasteiger partial charge in [0.2, 0.25) is 0 Å². The molecule has 1 aromatic carbocycles. The summed E-state index contributed by atoms with van der Waals surface area (Å²) in [6.07, 6.45) is -1.59. The van der Waals surface area contributed by atoms with E-state index in [1.807, 2.05) is 32.2 Å². The van der Waals surface area contributed by atoms with Crippen LogP contribution < -0.4 is 15.8 Å². The van der Waals surface area contributed by atoms with Crippen LogP contribution in [0.5, 0.6) is 0 Å². The van der Waals surface area contributed by atoms with E-state index < -0.39 is 12.1 Å². The normalized spacial score (nSPS) is 13.8. The third-order valence-electron chi connectivity index (χ3n) is 5.13. The van der Waals surface area contributed by atoms with Gasteiger partial charge in [-0.25, -0.2) is 14.8 Å². The molecular formula is C20H21F3N6O3. The fraction of sp³-hybridized carbons (Fsp3) is 0.350. The molecule has 3 heterocycles. The highest BCUT2D eigenvalue weighted by molar-refractivity contribution is 5.83. The number of hydrogen-bond acceptors (Lipinski definition) is 7. The molecule has 1 fully saturated rings. The van der Waals surface area contributed by atoms with E-state index in [9.17, 15) is 18.0 Å². The fourth-order valence-corrected chi connectivity index (χ4v) is 2.94. The minimum absolute atomic E-state index is 0.0499. The van der Waals surface area contributed by atoms with Gasteiger partial charge in [0.1, 0.15) is 11.6 Å². The van der Waals surface area contributed by atoms with Gasteiger partial charge < -0.3 is 15.3 Å². The number of aryl methyl sites for hydroxylation is 1. The van der Waals surface area contributed by atoms with E-state index in [1.54, 1.807) is 24.0 Å². The molecule has 32 heavy (non-hydrogen) atoms. The van der Waals surface area contributed by atoms with Crippen molar-refractivity contribution in [2.45, 2.75) is 19.1 Å². The Balaban J connectivity index is 0.000000360. The predicted octanol–water partition coefficient (Wildman–Crippen LogP) is 1.74. The summed E-state index contributed by atoms with van der Waals surface area (Å²) in [6.45, 7) is 3.74. The number of anilines is 1. The number of hydrogen-bond donors (Lipinski definition) is 2. The number of nitrogens with zero attached hydrogens (tertiary/aromatic N) is 5. The number of carbonyl (C=O) groups is 1. The van der Waals surface area contributed by atoms with Crippen molar-refractivity contribution < 1.29 is 23.1 Å². The summed E-state index contributed by atoms with van der Waals surface area (Å²) in [5.41, 5.74) is 2.27. The first kappa shape index (κ1) is 23.1. The number of aliphatic carboxylic acids is 1. The number of likely N-dealkylation sites (N-methyl/N-ethyl adjacent to an activating group) is 1. The molecule has 4 rings (SSSR count). The molecule has 1 aliphatic rings. The number of nitrogens with one attached hydrogen (secondary N) is 1. The van der Waals surface area contributed by atoms with Crippen molar-refractivity contribution in [2.24, 2.45) is 7.05 Å². The van der Waals surface area contributed by atoms with Crippen LogP contribution in [-0.2, 0) is 11.8 Å². The van der Waals surface area contributed by atoms with Crippen molar-refractivity contribution in [3.63, 3.8) is 0 Å². The highest BCUT2D eigenvalue weighted by atomic mass is 19.4. The zero-order valence-electron chi connectivity index (χ0n) is 17.5. The summed E-state index contributed by atoms with van der Waals surface area (Å²) in [7, 11) is 3.76. The second kappa shape index (κ2) is 8.91. The van der Waals surface area contributed by atoms with E-state index in [2.05, 4.69) is 20.2 Å². The Kier molecular flexibility index (Phi) is 6.44. The molecule has 0 aliphatic carbocycles. The number of fused-ring (bicyclic) bond motifs is 1. The van der Waals surface area contributed by atoms with Crippen molar-refractivity contribution in [3.8, 4) is 11.3 Å². The molecule has 9 nitrogen and oxygen atoms in total. The van der Waals surface area contributed by atoms with Gasteiger partial charge in [0.15, 0.2) is 0 Å². The maximum absolute atomic E-state index is 12.5. The summed E-state index contributed by atoms with van der Waals surface area (Å²) in [5.74, 6) is -1.23. The van der Waals surface area contributed by atoms with Crippen LogP contribution >= 0.6 is 0 Å². The predicted molar refractivity (Wildman–Crippen MR) is 111 cm³/mol. The van der Waals surface area contributed by atoms with Crippen LogP contribution in [0.2, 0.25) is 0 Å². The van der Waals surface area contributed by atoms with Gasteiger partial charge in [-0.1, -0.05) is 6.07 Å². The number of rotatable bonds is 3. The molecule has 0 bridgehead atoms. The minimum atomic E-state index is -5.08. The molecular weight excluding hydrogens is 429 g/mol. The first-order valence-electron chi connectivity index (χ1n) is 9.52. The van der Waals surface area contributed by atoms with Crippen molar-refractivity contribution in [1.82, 2.24) is 24.8 Å². The third kappa shape index (κ3) is 4.85. The van der Waals surface area contributed by atoms with Gasteiger partial charge in [0, 0.05) is 32.7 Å². The number of carboxylic acids is 1. The Morgan fingerprint density at radius 1 is 1.25 bits per heavy atom. The molecule has 1 saturated heterocycles. The van der Waals surface area contributed by atoms with Crippen molar-refractivity contribution in [3.05, 3.63) is 46.8 Å². The molecule has 2 aromatic heterocycles. The Morgan fingerprint density at radius 2 is 1.91 bits per heavy atom. The third-order valence-corrected chi connectivity index (χ3v) is 5.13. The lowest BCUT2D eigenvalue weighted by Crippen LogP contribution is -2.56. The van der Waals surface area contributed by atoms with Gasteiger partial charge in [-0.2, -0.15) is 13.2 Å². The van der Waals surface area contributed by atoms with Gasteiger partial charge in [0.25, 0.3) is 5.56 Å². The summed E-state index contributed by atoms with van der Waals surface area (Å²) >= 11 is 0. The Labute approximate surface area is 180 Å². The summed E-state index contributed by atoms with van der Waals surface area (Å²) in [4.78, 5) is 37.1. The standard InChI is InChI=1S/C18H20N6O.C2HF3O2/c1-11-21-15-5-4-12(6-14(15)18(25)23(11)2)16-9-20-10-17(22-16)24(3)13-7-19-8-13;3-2(4,5)1(6)7/h4-6,9-10,13,19H,7-8H2,1-3H3;(H,6,7). The smallest absolute Gasteiger partial charge is 0.475 e. The van der Waals surface area contributed by atoms with E-state index in [0.29, 0.717) is 22.8 Å². The molecule has 0 radical (unpaired) electrons. The summed E-state index contributed by atoms with van der Waals surface area (Å²) < 4.78 is 33.3. The Morgan fingerprint density at radius 3 is 2.47 bits per heavy atom. The van der Waals surface area contributed by atoms with Gasteiger partial charge in [-0.05, 0) is 19.1 Å². The molecule has 0 spiro atoms. The number of aromatic nitrogens is 4. The van der Waals surface area contributed by atoms with Crippen molar-refractivity contribution in [2.75, 3.05) is 25.0 Å². The molecule has 170 valence electrons. The molecule has 0 saturated carbocycles. The molecule has 0 atom stereocenters. The van der Waals surface area contributed by atoms with E-state index in [4.69, 9.17) is 14.9 Å². The maximum atomic E-state index is 12.5. The molecule has 12 heteroatoms. The maximum Gasteiger partial charge on any atom is 0.490 e. The quantitative estimate of drug-likeness (QED) is 0.621. The lowest BCUT2D eigenvalue weighted by atomic mass is 10.1. The second-order valence-electron chi connectivity index (χ2n) is 7.24. The average Bonchev–Trinajstić information content (AvgIpc) is 2.70. The zero-order valence-corrected chi connectivity index (χ0v) is 17.5. The van der Waals surface area contributed by atoms with Crippen LogP contribution in [0.1, 0.15) is 5.82 Å². The minimum Gasteiger partial charge on any atom is -0.475 e. The molecule has 3 aromatic rings. The van der Waals surface area contributed by atoms with Crippen molar-refractivity contribution in [1.29, 1.82) is 0 Å². The topological polar surface area (TPSA) is 113 Å². The van der Waals surface area contributed by atoms with E-state index in [-0.39, 0.29) is 5.56 Å². The average molecular weight is 450 g/mol. The van der Waals surface area contributed by atoms with Crippen molar-refractivity contribution >= 4 is 22.7 Å². The molecule has 2 N–H and O–H groups in total. The van der Waals surface area contributed by atoms with E-state index >= 15 is 0 Å². The number of alkyl halides is 3. The summed E-state index contributed by atoms with van der Waals surface area (Å²) in [5, 5.41) is 11.0. The van der Waals surface area contributed by atoms with Crippen LogP contribution in [0.4, 0.5) is 19.0 Å². The van der Waals surface area contributed by atoms with Gasteiger partial charge in [0.05, 0.1) is 35.0 Å². The van der Waals surface area contributed by atoms with Crippen LogP contribution in [0, 0.1) is 6.92 Å². The first-order chi connectivity index (χ1) is 15.0. The monoisotopic (exact) mass is 450 g/mol. The van der Waals surface area contributed by atoms with Gasteiger partial charge >= 0.3 is 12.1 Å². The SMILES string of the molecule is Cc1nc2ccc(-c3cncc(N(C)C4CNC4)n3)cc2c(=O)n1C.O=C(O)C(F)(F)F. The van der Waals surface area contributed by atoms with Crippen LogP contribution in [0.15, 0.2) is 35.4 Å². The van der Waals surface area contributed by atoms with E-state index in [1.165, 1.54) is 0 Å². The zero-order chi connectivity index (χ0) is 23.6. The summed E-state index contributed by atoms with van der Waals surface area (Å²) in [6, 6.07) is 6.10. The van der Waals surface area contributed by atoms with Crippen LogP contribution in [0.3, 0.4) is 0 Å². The molecule has 0 amide bonds. The van der Waals surface area contributed by atoms with Crippen LogP contribution in [-0.4, -0.2) is 63.0 Å². The number of benzene rings is 1. The largest absolute Gasteiger partial charge is 0.490 e. The molecule has 1 aliphatic heterocycles. The second-order valence-corrected chi connectivity index (χ2v) is 7.24. The molecule has 0 unspecified atom stereocenters. The van der Waals surface area contributed by atoms with Gasteiger partial charge in [-0.15, -0.1) is 0 Å². The van der Waals surface area contributed by atoms with E-state index in [0.717, 1.165) is 30.2 Å². The highest BCUT2D eigenvalue weighted by Crippen LogP contribution is 2.23. The first-order valence-corrected chi connectivity index (χ1v) is 9.52. The lowest BCUT2D eigenvalue weighted by molar-refractivity contribution is -0.192. The Hall–Kier alpha value is -3.54. The Bertz CT molecular complexity index is 1210. The highest BCUT2D eigenvalue weighted by Gasteiger charge is 2.38. The number of halogens is 3. The van der Waals surface area contributed by atoms with Crippen LogP contribution in [0.25, 0.3) is 22.2 Å². The lowest BCUT2D eigenvalue weighted by Gasteiger charge is -2.36. The fourth-order valence-electron chi connectivity index (χ4n) is 2.94. The van der Waals surface area contributed by atoms with Gasteiger partial charge in [-0.3, -0.25) is 14.3 Å².